The van der Waals surface area contributed by atoms with E-state index in [1.54, 1.807) is 6.92 Å². The highest BCUT2D eigenvalue weighted by Gasteiger charge is 2.47. The number of carbonyl (C=O) groups is 1. The van der Waals surface area contributed by atoms with Crippen molar-refractivity contribution in [3.05, 3.63) is 11.1 Å². The van der Waals surface area contributed by atoms with Crippen LogP contribution < -0.4 is 0 Å². The molecule has 2 saturated heterocycles. The molecule has 11 nitrogen and oxygen atoms in total. The van der Waals surface area contributed by atoms with E-state index in [1.165, 1.54) is 5.57 Å². The summed E-state index contributed by atoms with van der Waals surface area (Å²) in [7, 11) is 0. The lowest BCUT2D eigenvalue weighted by Gasteiger charge is -2.41. The van der Waals surface area contributed by atoms with Crippen LogP contribution >= 0.6 is 0 Å². The lowest BCUT2D eigenvalue weighted by Crippen LogP contribution is -2.60. The van der Waals surface area contributed by atoms with Crippen LogP contribution in [0.3, 0.4) is 0 Å². The van der Waals surface area contributed by atoms with Crippen LogP contribution in [-0.2, 0) is 23.7 Å². The van der Waals surface area contributed by atoms with Crippen LogP contribution in [-0.4, -0.2) is 111 Å². The molecular weight excluding hydrogens is 464 g/mol. The third kappa shape index (κ3) is 6.12. The molecular formula is C24H40O11. The maximum absolute atomic E-state index is 12.4. The first-order chi connectivity index (χ1) is 16.4. The first-order valence-corrected chi connectivity index (χ1v) is 12.2. The van der Waals surface area contributed by atoms with Gasteiger partial charge in [-0.05, 0) is 47.0 Å². The Morgan fingerprint density at radius 2 is 1.54 bits per heavy atom. The molecule has 1 aliphatic carbocycles. The van der Waals surface area contributed by atoms with Crippen LogP contribution in [0, 0.1) is 5.41 Å². The van der Waals surface area contributed by atoms with Crippen molar-refractivity contribution in [1.29, 1.82) is 0 Å². The molecule has 0 aromatic rings. The molecule has 2 heterocycles. The number of hydrogen-bond acceptors (Lipinski definition) is 11. The van der Waals surface area contributed by atoms with Crippen molar-refractivity contribution < 1.29 is 54.4 Å². The molecule has 3 rings (SSSR count). The number of carbonyl (C=O) groups excluding carboxylic acids is 1. The van der Waals surface area contributed by atoms with Crippen molar-refractivity contribution in [2.75, 3.05) is 13.2 Å². The van der Waals surface area contributed by atoms with Gasteiger partial charge in [-0.2, -0.15) is 0 Å². The van der Waals surface area contributed by atoms with E-state index in [-0.39, 0.29) is 12.4 Å². The second kappa shape index (κ2) is 11.6. The van der Waals surface area contributed by atoms with E-state index in [0.717, 1.165) is 12.0 Å². The number of rotatable bonds is 9. The van der Waals surface area contributed by atoms with Gasteiger partial charge in [0.15, 0.2) is 12.6 Å². The van der Waals surface area contributed by atoms with Crippen molar-refractivity contribution >= 4 is 5.78 Å². The second-order valence-electron chi connectivity index (χ2n) is 10.3. The zero-order valence-electron chi connectivity index (χ0n) is 20.7. The van der Waals surface area contributed by atoms with Gasteiger partial charge in [0.2, 0.25) is 0 Å². The Kier molecular flexibility index (Phi) is 9.47. The van der Waals surface area contributed by atoms with Crippen molar-refractivity contribution in [3.8, 4) is 0 Å². The Hall–Kier alpha value is -0.990. The van der Waals surface area contributed by atoms with Gasteiger partial charge in [0.1, 0.15) is 48.5 Å². The van der Waals surface area contributed by atoms with E-state index in [9.17, 15) is 35.4 Å². The molecule has 0 saturated carbocycles. The summed E-state index contributed by atoms with van der Waals surface area (Å²) in [5.41, 5.74) is 1.77. The molecule has 0 amide bonds. The summed E-state index contributed by atoms with van der Waals surface area (Å²) in [5, 5.41) is 60.1. The minimum atomic E-state index is -1.57. The normalized spacial score (nSPS) is 40.9. The molecule has 10 unspecified atom stereocenters. The van der Waals surface area contributed by atoms with Gasteiger partial charge in [0, 0.05) is 11.8 Å². The van der Waals surface area contributed by atoms with Gasteiger partial charge in [-0.3, -0.25) is 4.79 Å². The highest BCUT2D eigenvalue weighted by Crippen LogP contribution is 2.40. The molecule has 2 aliphatic heterocycles. The fourth-order valence-corrected chi connectivity index (χ4v) is 5.00. The first kappa shape index (κ1) is 28.6. The average Bonchev–Trinajstić information content (AvgIpc) is 3.09. The summed E-state index contributed by atoms with van der Waals surface area (Å²) >= 11 is 0. The first-order valence-electron chi connectivity index (χ1n) is 12.2. The van der Waals surface area contributed by atoms with Crippen molar-refractivity contribution in [3.63, 3.8) is 0 Å². The van der Waals surface area contributed by atoms with E-state index in [1.807, 2.05) is 20.8 Å². The van der Waals surface area contributed by atoms with Crippen LogP contribution in [0.5, 0.6) is 0 Å². The quantitative estimate of drug-likeness (QED) is 0.216. The molecule has 0 bridgehead atoms. The molecule has 10 atom stereocenters. The van der Waals surface area contributed by atoms with E-state index in [2.05, 4.69) is 0 Å². The topological polar surface area (TPSA) is 175 Å². The monoisotopic (exact) mass is 504 g/mol. The van der Waals surface area contributed by atoms with Crippen LogP contribution in [0.4, 0.5) is 0 Å². The Morgan fingerprint density at radius 1 is 0.943 bits per heavy atom. The van der Waals surface area contributed by atoms with Crippen LogP contribution in [0.1, 0.15) is 53.4 Å². The van der Waals surface area contributed by atoms with Crippen LogP contribution in [0.25, 0.3) is 0 Å². The zero-order valence-corrected chi connectivity index (χ0v) is 20.7. The minimum Gasteiger partial charge on any atom is -0.394 e. The fourth-order valence-electron chi connectivity index (χ4n) is 5.00. The maximum Gasteiger partial charge on any atom is 0.186 e. The van der Waals surface area contributed by atoms with Crippen molar-refractivity contribution in [2.24, 2.45) is 5.41 Å². The average molecular weight is 505 g/mol. The van der Waals surface area contributed by atoms with E-state index in [0.29, 0.717) is 19.3 Å². The number of aliphatic hydroxyl groups is 6. The van der Waals surface area contributed by atoms with Gasteiger partial charge < -0.3 is 49.6 Å². The molecule has 3 aliphatic rings. The number of aliphatic hydroxyl groups excluding tert-OH is 6. The Labute approximate surface area is 205 Å². The SMILES string of the molecule is CC1=C(CCC(C)OC2OC(COC3OC(CO)C(O)C3O)C(O)C(O)C2O)C(C)(C)C(=O)CC1. The molecule has 0 aromatic carbocycles. The molecule has 11 heteroatoms. The largest absolute Gasteiger partial charge is 0.394 e. The van der Waals surface area contributed by atoms with E-state index < -0.39 is 73.4 Å². The maximum atomic E-state index is 12.4. The highest BCUT2D eigenvalue weighted by atomic mass is 16.7. The van der Waals surface area contributed by atoms with Gasteiger partial charge in [0.25, 0.3) is 0 Å². The van der Waals surface area contributed by atoms with E-state index in [4.69, 9.17) is 18.9 Å². The van der Waals surface area contributed by atoms with Gasteiger partial charge in [-0.1, -0.05) is 11.1 Å². The number of hydrogen-bond donors (Lipinski definition) is 6. The summed E-state index contributed by atoms with van der Waals surface area (Å²) in [6.45, 7) is 6.85. The Bertz CT molecular complexity index is 769. The molecule has 0 spiro atoms. The molecule has 6 N–H and O–H groups in total. The van der Waals surface area contributed by atoms with Gasteiger partial charge in [0.05, 0.1) is 19.3 Å². The smallest absolute Gasteiger partial charge is 0.186 e. The van der Waals surface area contributed by atoms with Crippen molar-refractivity contribution in [1.82, 2.24) is 0 Å². The number of ether oxygens (including phenoxy) is 4. The summed E-state index contributed by atoms with van der Waals surface area (Å²) in [4.78, 5) is 12.4. The summed E-state index contributed by atoms with van der Waals surface area (Å²) in [6.07, 6.45) is -9.89. The highest BCUT2D eigenvalue weighted by molar-refractivity contribution is 5.88. The Balaban J connectivity index is 1.56. The second-order valence-corrected chi connectivity index (χ2v) is 10.3. The van der Waals surface area contributed by atoms with Crippen LogP contribution in [0.15, 0.2) is 11.1 Å². The zero-order chi connectivity index (χ0) is 26.1. The molecule has 0 aromatic heterocycles. The van der Waals surface area contributed by atoms with Gasteiger partial charge in [-0.25, -0.2) is 0 Å². The van der Waals surface area contributed by atoms with Gasteiger partial charge >= 0.3 is 0 Å². The Morgan fingerprint density at radius 3 is 2.17 bits per heavy atom. The lowest BCUT2D eigenvalue weighted by atomic mass is 9.70. The van der Waals surface area contributed by atoms with Crippen molar-refractivity contribution in [2.45, 2.75) is 115 Å². The summed E-state index contributed by atoms with van der Waals surface area (Å²) in [6, 6.07) is 0. The number of allylic oxidation sites excluding steroid dienone is 2. The molecule has 2 fully saturated rings. The van der Waals surface area contributed by atoms with Crippen LogP contribution in [0.2, 0.25) is 0 Å². The predicted octanol–water partition coefficient (Wildman–Crippen LogP) is -0.859. The van der Waals surface area contributed by atoms with E-state index >= 15 is 0 Å². The minimum absolute atomic E-state index is 0.215. The summed E-state index contributed by atoms with van der Waals surface area (Å²) < 4.78 is 22.2. The third-order valence-corrected chi connectivity index (χ3v) is 7.45. The number of Topliss-reactive ketones (excluding diaryl/α,β-unsaturated/α-hetero) is 1. The molecule has 0 radical (unpaired) electrons. The summed E-state index contributed by atoms with van der Waals surface area (Å²) in [5.74, 6) is 0.215. The predicted molar refractivity (Wildman–Crippen MR) is 121 cm³/mol. The molecule has 35 heavy (non-hydrogen) atoms. The van der Waals surface area contributed by atoms with Gasteiger partial charge in [-0.15, -0.1) is 0 Å². The standard InChI is InChI=1S/C24H40O11/c1-11-5-8-16(26)24(3,4)13(11)7-6-12(2)33-23-21(31)19(29)18(28)15(35-23)10-32-22-20(30)17(27)14(9-25)34-22/h12,14-15,17-23,25,27-31H,5-10H2,1-4H3. The third-order valence-electron chi connectivity index (χ3n) is 7.45. The number of ketones is 1. The lowest BCUT2D eigenvalue weighted by molar-refractivity contribution is -0.318. The molecule has 202 valence electrons. The fraction of sp³-hybridized carbons (Fsp3) is 0.875.